The summed E-state index contributed by atoms with van der Waals surface area (Å²) in [6.07, 6.45) is 1.52. The Morgan fingerprint density at radius 1 is 1.22 bits per heavy atom. The van der Waals surface area contributed by atoms with Crippen LogP contribution in [0.15, 0.2) is 35.5 Å². The zero-order chi connectivity index (χ0) is 27.9. The number of aromatic nitrogens is 3. The van der Waals surface area contributed by atoms with Gasteiger partial charge in [-0.2, -0.15) is 5.10 Å². The van der Waals surface area contributed by atoms with Crippen molar-refractivity contribution in [2.45, 2.75) is 51.1 Å². The molecule has 0 aliphatic rings. The van der Waals surface area contributed by atoms with Gasteiger partial charge in [-0.3, -0.25) is 4.79 Å². The van der Waals surface area contributed by atoms with Gasteiger partial charge < -0.3 is 9.64 Å². The second-order valence-electron chi connectivity index (χ2n) is 9.93. The molecule has 12 heteroatoms. The van der Waals surface area contributed by atoms with Crippen LogP contribution >= 0.6 is 0 Å². The number of hydrogen-bond acceptors (Lipinski definition) is 6. The third-order valence-electron chi connectivity index (χ3n) is 5.90. The van der Waals surface area contributed by atoms with Crippen LogP contribution in [0.4, 0.5) is 8.78 Å². The van der Waals surface area contributed by atoms with E-state index in [1.807, 2.05) is 20.8 Å². The molecule has 9 nitrogen and oxygen atoms in total. The summed E-state index contributed by atoms with van der Waals surface area (Å²) < 4.78 is 60.0. The van der Waals surface area contributed by atoms with E-state index >= 15 is 4.39 Å². The number of pyridine rings is 1. The molecule has 0 aliphatic carbocycles. The first-order valence-corrected chi connectivity index (χ1v) is 13.0. The van der Waals surface area contributed by atoms with Gasteiger partial charge in [-0.15, -0.1) is 0 Å². The van der Waals surface area contributed by atoms with Gasteiger partial charge in [-0.25, -0.2) is 32.0 Å². The Labute approximate surface area is 215 Å². The largest absolute Gasteiger partial charge is 0.475 e. The summed E-state index contributed by atoms with van der Waals surface area (Å²) in [5, 5.41) is 7.90. The van der Waals surface area contributed by atoms with E-state index < -0.39 is 38.0 Å². The predicted molar refractivity (Wildman–Crippen MR) is 135 cm³/mol. The highest BCUT2D eigenvalue weighted by Crippen LogP contribution is 2.32. The number of sulfonamides is 1. The van der Waals surface area contributed by atoms with Crippen LogP contribution in [-0.2, 0) is 15.6 Å². The van der Waals surface area contributed by atoms with Crippen molar-refractivity contribution < 1.29 is 26.7 Å². The maximum absolute atomic E-state index is 15.0. The molecule has 2 N–H and O–H groups in total. The Morgan fingerprint density at radius 3 is 2.43 bits per heavy atom. The molecule has 0 saturated carbocycles. The molecule has 3 rings (SSSR count). The number of carbonyl (C=O) groups is 1. The molecule has 1 aromatic carbocycles. The normalized spacial score (nSPS) is 12.2. The topological polar surface area (TPSA) is 120 Å². The van der Waals surface area contributed by atoms with Crippen molar-refractivity contribution in [2.75, 3.05) is 20.7 Å². The van der Waals surface area contributed by atoms with Crippen LogP contribution in [0, 0.1) is 18.6 Å². The Balaban J connectivity index is 1.98. The van der Waals surface area contributed by atoms with E-state index in [2.05, 4.69) is 10.1 Å². The fraction of sp³-hybridized carbons (Fsp3) is 0.400. The van der Waals surface area contributed by atoms with Crippen LogP contribution in [0.5, 0.6) is 5.88 Å². The number of rotatable bonds is 8. The minimum absolute atomic E-state index is 0.128. The summed E-state index contributed by atoms with van der Waals surface area (Å²) in [5.41, 5.74) is 1.43. The lowest BCUT2D eigenvalue weighted by molar-refractivity contribution is 0.0789. The molecule has 0 radical (unpaired) electrons. The van der Waals surface area contributed by atoms with Gasteiger partial charge in [0.1, 0.15) is 12.4 Å². The zero-order valence-electron chi connectivity index (χ0n) is 21.8. The van der Waals surface area contributed by atoms with Gasteiger partial charge in [0.15, 0.2) is 11.5 Å². The highest BCUT2D eigenvalue weighted by Gasteiger charge is 2.36. The van der Waals surface area contributed by atoms with Gasteiger partial charge in [-0.1, -0.05) is 13.8 Å². The molecule has 200 valence electrons. The number of amides is 1. The summed E-state index contributed by atoms with van der Waals surface area (Å²) in [7, 11) is -1.74. The van der Waals surface area contributed by atoms with E-state index in [-0.39, 0.29) is 24.2 Å². The molecule has 0 bridgehead atoms. The number of nitrogens with zero attached hydrogens (tertiary/aromatic N) is 4. The smallest absolute Gasteiger partial charge is 0.274 e. The lowest BCUT2D eigenvalue weighted by Gasteiger charge is -2.27. The molecule has 0 saturated heterocycles. The van der Waals surface area contributed by atoms with Gasteiger partial charge in [0.2, 0.25) is 10.9 Å². The van der Waals surface area contributed by atoms with Crippen molar-refractivity contribution in [1.82, 2.24) is 19.7 Å². The quantitative estimate of drug-likeness (QED) is 0.468. The first-order chi connectivity index (χ1) is 17.0. The summed E-state index contributed by atoms with van der Waals surface area (Å²) in [4.78, 5) is 18.0. The van der Waals surface area contributed by atoms with E-state index in [9.17, 15) is 17.6 Å². The van der Waals surface area contributed by atoms with Gasteiger partial charge >= 0.3 is 0 Å². The van der Waals surface area contributed by atoms with E-state index in [1.54, 1.807) is 26.0 Å². The molecule has 0 unspecified atom stereocenters. The molecule has 0 aliphatic heterocycles. The van der Waals surface area contributed by atoms with Crippen molar-refractivity contribution in [1.29, 1.82) is 0 Å². The van der Waals surface area contributed by atoms with Crippen LogP contribution in [0.1, 0.15) is 55.2 Å². The number of halogens is 2. The van der Waals surface area contributed by atoms with E-state index in [4.69, 9.17) is 9.88 Å². The number of benzene rings is 1. The minimum Gasteiger partial charge on any atom is -0.475 e. The zero-order valence-corrected chi connectivity index (χ0v) is 22.7. The Morgan fingerprint density at radius 2 is 1.86 bits per heavy atom. The first kappa shape index (κ1) is 28.2. The third kappa shape index (κ3) is 5.80. The second-order valence-corrected chi connectivity index (χ2v) is 11.4. The van der Waals surface area contributed by atoms with Crippen molar-refractivity contribution >= 4 is 15.9 Å². The molecular weight excluding hydrogens is 504 g/mol. The van der Waals surface area contributed by atoms with Gasteiger partial charge in [0.25, 0.3) is 15.9 Å². The Kier molecular flexibility index (Phi) is 7.75. The second kappa shape index (κ2) is 10.2. The summed E-state index contributed by atoms with van der Waals surface area (Å²) in [5.74, 6) is -2.16. The van der Waals surface area contributed by atoms with Crippen LogP contribution in [0.2, 0.25) is 0 Å². The van der Waals surface area contributed by atoms with Crippen LogP contribution in [0.3, 0.4) is 0 Å². The molecule has 0 fully saturated rings. The van der Waals surface area contributed by atoms with E-state index in [0.717, 1.165) is 20.7 Å². The van der Waals surface area contributed by atoms with Crippen LogP contribution < -0.4 is 9.88 Å². The van der Waals surface area contributed by atoms with Gasteiger partial charge in [-0.05, 0) is 67.1 Å². The lowest BCUT2D eigenvalue weighted by atomic mass is 9.91. The van der Waals surface area contributed by atoms with Crippen molar-refractivity contribution in [2.24, 2.45) is 5.14 Å². The average molecular weight is 536 g/mol. The molecule has 0 spiro atoms. The van der Waals surface area contributed by atoms with E-state index in [1.165, 1.54) is 32.4 Å². The maximum Gasteiger partial charge on any atom is 0.274 e. The molecule has 3 aromatic rings. The fourth-order valence-corrected chi connectivity index (χ4v) is 4.50. The molecule has 1 amide bonds. The number of nitrogens with two attached hydrogens (primary N) is 1. The molecule has 2 aromatic heterocycles. The summed E-state index contributed by atoms with van der Waals surface area (Å²) in [6.45, 7) is 8.92. The average Bonchev–Trinajstić information content (AvgIpc) is 3.17. The highest BCUT2D eigenvalue weighted by atomic mass is 32.2. The third-order valence-corrected chi connectivity index (χ3v) is 6.70. The Hall–Kier alpha value is -3.38. The molecule has 2 heterocycles. The number of carbonyl (C=O) groups excluding carboxylic acids is 1. The molecule has 0 atom stereocenters. The summed E-state index contributed by atoms with van der Waals surface area (Å²) in [6, 6.07) is 6.35. The number of hydrogen-bond donors (Lipinski definition) is 1. The minimum atomic E-state index is -4.54. The highest BCUT2D eigenvalue weighted by molar-refractivity contribution is 7.89. The van der Waals surface area contributed by atoms with Crippen molar-refractivity contribution in [3.63, 3.8) is 0 Å². The predicted octanol–water partition coefficient (Wildman–Crippen LogP) is 3.82. The maximum atomic E-state index is 15.0. The van der Waals surface area contributed by atoms with Gasteiger partial charge in [0, 0.05) is 26.4 Å². The monoisotopic (exact) mass is 535 g/mol. The Bertz CT molecular complexity index is 1450. The van der Waals surface area contributed by atoms with Crippen LogP contribution in [-0.4, -0.2) is 54.7 Å². The first-order valence-electron chi connectivity index (χ1n) is 11.5. The summed E-state index contributed by atoms with van der Waals surface area (Å²) >= 11 is 0. The number of primary sulfonamides is 1. The fourth-order valence-electron chi connectivity index (χ4n) is 3.96. The molecular formula is C25H31F2N5O4S. The standard InChI is InChI=1S/C25H31F2N5O4S/c1-14(2)18-11-17(26)12-19(15(18)3)16-8-9-29-20(10-16)36-13-25(4,5)32-22(24(33)31(6)7)21(27)23(30-32)37(28,34)35/h8-12,14H,13H2,1-7H3,(H2,28,34,35). The van der Waals surface area contributed by atoms with Gasteiger partial charge in [0.05, 0.1) is 5.54 Å². The van der Waals surface area contributed by atoms with Crippen LogP contribution in [0.25, 0.3) is 11.1 Å². The van der Waals surface area contributed by atoms with Crippen molar-refractivity contribution in [3.8, 4) is 17.0 Å². The lowest BCUT2D eigenvalue weighted by Crippen LogP contribution is -2.38. The van der Waals surface area contributed by atoms with E-state index in [0.29, 0.717) is 11.1 Å². The molecule has 37 heavy (non-hydrogen) atoms. The SMILES string of the molecule is Cc1c(-c2ccnc(OCC(C)(C)n3nc(S(N)(=O)=O)c(F)c3C(=O)N(C)C)c2)cc(F)cc1C(C)C. The number of ether oxygens (including phenoxy) is 1. The van der Waals surface area contributed by atoms with Crippen molar-refractivity contribution in [3.05, 3.63) is 58.9 Å².